The smallest absolute Gasteiger partial charge is 0.227 e. The van der Waals surface area contributed by atoms with Crippen molar-refractivity contribution in [2.75, 3.05) is 18.4 Å². The van der Waals surface area contributed by atoms with Crippen molar-refractivity contribution in [3.8, 4) is 0 Å². The normalized spacial score (nSPS) is 15.2. The number of rotatable bonds is 7. The second kappa shape index (κ2) is 11.8. The molecule has 1 aliphatic rings. The zero-order valence-corrected chi connectivity index (χ0v) is 24.5. The second-order valence-electron chi connectivity index (χ2n) is 10.9. The third-order valence-corrected chi connectivity index (χ3v) is 9.53. The molecule has 0 aliphatic carbocycles. The molecule has 1 fully saturated rings. The summed E-state index contributed by atoms with van der Waals surface area (Å²) in [6.07, 6.45) is 0.778. The first-order chi connectivity index (χ1) is 18.3. The minimum Gasteiger partial charge on any atom is -0.326 e. The maximum absolute atomic E-state index is 13.1. The molecule has 206 valence electrons. The molecule has 39 heavy (non-hydrogen) atoms. The number of amides is 1. The molecule has 1 saturated heterocycles. The molecule has 0 radical (unpaired) electrons. The van der Waals surface area contributed by atoms with E-state index in [1.807, 2.05) is 24.3 Å². The van der Waals surface area contributed by atoms with E-state index in [-0.39, 0.29) is 41.9 Å². The molecule has 0 unspecified atom stereocenters. The van der Waals surface area contributed by atoms with E-state index in [9.17, 15) is 18.0 Å². The summed E-state index contributed by atoms with van der Waals surface area (Å²) in [7, 11) is -3.65. The first-order valence-corrected chi connectivity index (χ1v) is 15.2. The van der Waals surface area contributed by atoms with Crippen LogP contribution in [-0.4, -0.2) is 37.5 Å². The van der Waals surface area contributed by atoms with Gasteiger partial charge in [-0.25, -0.2) is 12.7 Å². The minimum absolute atomic E-state index is 0.00452. The molecule has 9 heteroatoms. The lowest BCUT2D eigenvalue weighted by Gasteiger charge is -2.30. The number of anilines is 1. The van der Waals surface area contributed by atoms with Gasteiger partial charge in [-0.3, -0.25) is 9.59 Å². The number of nitrogens with one attached hydrogen (secondary N) is 1. The summed E-state index contributed by atoms with van der Waals surface area (Å²) in [6, 6.07) is 19.4. The van der Waals surface area contributed by atoms with E-state index in [4.69, 9.17) is 23.2 Å². The third kappa shape index (κ3) is 7.09. The van der Waals surface area contributed by atoms with Crippen LogP contribution >= 0.6 is 23.2 Å². The highest BCUT2D eigenvalue weighted by Crippen LogP contribution is 2.29. The van der Waals surface area contributed by atoms with Crippen LogP contribution in [0, 0.1) is 5.92 Å². The lowest BCUT2D eigenvalue weighted by Crippen LogP contribution is -2.42. The maximum atomic E-state index is 13.1. The van der Waals surface area contributed by atoms with Crippen LogP contribution in [0.5, 0.6) is 0 Å². The van der Waals surface area contributed by atoms with Crippen LogP contribution < -0.4 is 5.32 Å². The van der Waals surface area contributed by atoms with Crippen LogP contribution in [0.15, 0.2) is 66.7 Å². The van der Waals surface area contributed by atoms with Gasteiger partial charge < -0.3 is 5.32 Å². The Labute approximate surface area is 240 Å². The molecule has 3 aromatic rings. The van der Waals surface area contributed by atoms with Crippen molar-refractivity contribution in [1.29, 1.82) is 0 Å². The standard InChI is InChI=1S/C30H32Cl2N2O4S/c1-30(2,3)23-12-10-20(11-13-23)28(35)22-6-4-7-24(18-22)33-29(36)21-14-16-34(17-15-21)39(37,38)19-25-26(31)8-5-9-27(25)32/h4-13,18,21H,14-17,19H2,1-3H3,(H,33,36). The molecule has 0 aromatic heterocycles. The molecule has 0 saturated carbocycles. The highest BCUT2D eigenvalue weighted by atomic mass is 35.5. The van der Waals surface area contributed by atoms with Gasteiger partial charge in [0.15, 0.2) is 5.78 Å². The molecule has 0 atom stereocenters. The monoisotopic (exact) mass is 586 g/mol. The number of ketones is 1. The number of carbonyl (C=O) groups is 2. The van der Waals surface area contributed by atoms with E-state index >= 15 is 0 Å². The van der Waals surface area contributed by atoms with E-state index in [0.717, 1.165) is 5.56 Å². The molecule has 1 N–H and O–H groups in total. The molecule has 3 aromatic carbocycles. The fourth-order valence-electron chi connectivity index (χ4n) is 4.61. The van der Waals surface area contributed by atoms with Crippen molar-refractivity contribution in [2.45, 2.75) is 44.8 Å². The summed E-state index contributed by atoms with van der Waals surface area (Å²) in [5.41, 5.74) is 3.11. The van der Waals surface area contributed by atoms with Crippen molar-refractivity contribution < 1.29 is 18.0 Å². The van der Waals surface area contributed by atoms with Gasteiger partial charge in [-0.05, 0) is 48.1 Å². The summed E-state index contributed by atoms with van der Waals surface area (Å²) in [6.45, 7) is 6.82. The molecule has 0 bridgehead atoms. The van der Waals surface area contributed by atoms with Crippen LogP contribution in [-0.2, 0) is 26.0 Å². The number of sulfonamides is 1. The first-order valence-electron chi connectivity index (χ1n) is 12.8. The SMILES string of the molecule is CC(C)(C)c1ccc(C(=O)c2cccc(NC(=O)C3CCN(S(=O)(=O)Cc4c(Cl)cccc4Cl)CC3)c2)cc1. The zero-order valence-electron chi connectivity index (χ0n) is 22.2. The van der Waals surface area contributed by atoms with Crippen LogP contribution in [0.1, 0.15) is 60.7 Å². The van der Waals surface area contributed by atoms with Crippen molar-refractivity contribution in [3.63, 3.8) is 0 Å². The number of halogens is 2. The summed E-state index contributed by atoms with van der Waals surface area (Å²) in [5, 5.41) is 3.52. The quantitative estimate of drug-likeness (QED) is 0.312. The fraction of sp³-hybridized carbons (Fsp3) is 0.333. The van der Waals surface area contributed by atoms with E-state index in [0.29, 0.717) is 45.3 Å². The summed E-state index contributed by atoms with van der Waals surface area (Å²) in [5.74, 6) is -0.948. The van der Waals surface area contributed by atoms with Crippen LogP contribution in [0.25, 0.3) is 0 Å². The summed E-state index contributed by atoms with van der Waals surface area (Å²) < 4.78 is 27.4. The molecule has 0 spiro atoms. The van der Waals surface area contributed by atoms with E-state index in [1.165, 1.54) is 4.31 Å². The van der Waals surface area contributed by atoms with Gasteiger partial charge in [0.2, 0.25) is 15.9 Å². The lowest BCUT2D eigenvalue weighted by atomic mass is 9.86. The number of hydrogen-bond donors (Lipinski definition) is 1. The Morgan fingerprint density at radius 3 is 2.08 bits per heavy atom. The summed E-state index contributed by atoms with van der Waals surface area (Å²) >= 11 is 12.3. The highest BCUT2D eigenvalue weighted by Gasteiger charge is 2.32. The van der Waals surface area contributed by atoms with Crippen molar-refractivity contribution in [3.05, 3.63) is 99.0 Å². The van der Waals surface area contributed by atoms with Crippen LogP contribution in [0.4, 0.5) is 5.69 Å². The third-order valence-electron chi connectivity index (χ3n) is 7.01. The number of benzene rings is 3. The van der Waals surface area contributed by atoms with E-state index < -0.39 is 10.0 Å². The average molecular weight is 588 g/mol. The molecule has 1 heterocycles. The largest absolute Gasteiger partial charge is 0.326 e. The van der Waals surface area contributed by atoms with Crippen LogP contribution in [0.3, 0.4) is 0 Å². The van der Waals surface area contributed by atoms with E-state index in [2.05, 4.69) is 26.1 Å². The molecular weight excluding hydrogens is 555 g/mol. The van der Waals surface area contributed by atoms with Gasteiger partial charge in [0.05, 0.1) is 5.75 Å². The Morgan fingerprint density at radius 2 is 1.49 bits per heavy atom. The Kier molecular flexibility index (Phi) is 8.86. The van der Waals surface area contributed by atoms with Gasteiger partial charge in [0, 0.05) is 51.4 Å². The Bertz CT molecular complexity index is 1450. The van der Waals surface area contributed by atoms with Crippen molar-refractivity contribution in [2.24, 2.45) is 5.92 Å². The molecule has 1 aliphatic heterocycles. The average Bonchev–Trinajstić information content (AvgIpc) is 2.90. The predicted octanol–water partition coefficient (Wildman–Crippen LogP) is 6.70. The number of hydrogen-bond acceptors (Lipinski definition) is 4. The highest BCUT2D eigenvalue weighted by molar-refractivity contribution is 7.88. The lowest BCUT2D eigenvalue weighted by molar-refractivity contribution is -0.120. The van der Waals surface area contributed by atoms with Crippen LogP contribution in [0.2, 0.25) is 10.0 Å². The number of piperidine rings is 1. The Balaban J connectivity index is 1.36. The minimum atomic E-state index is -3.65. The van der Waals surface area contributed by atoms with Gasteiger partial charge in [0.1, 0.15) is 0 Å². The molecular formula is C30H32Cl2N2O4S. The topological polar surface area (TPSA) is 83.6 Å². The van der Waals surface area contributed by atoms with Gasteiger partial charge in [-0.15, -0.1) is 0 Å². The van der Waals surface area contributed by atoms with Crippen molar-refractivity contribution >= 4 is 50.6 Å². The van der Waals surface area contributed by atoms with Gasteiger partial charge in [-0.1, -0.05) is 86.4 Å². The first kappa shape index (κ1) is 29.3. The van der Waals surface area contributed by atoms with Gasteiger partial charge >= 0.3 is 0 Å². The number of nitrogens with zero attached hydrogens (tertiary/aromatic N) is 1. The van der Waals surface area contributed by atoms with E-state index in [1.54, 1.807) is 42.5 Å². The predicted molar refractivity (Wildman–Crippen MR) is 157 cm³/mol. The van der Waals surface area contributed by atoms with Gasteiger partial charge in [0.25, 0.3) is 0 Å². The summed E-state index contributed by atoms with van der Waals surface area (Å²) in [4.78, 5) is 26.0. The number of carbonyl (C=O) groups excluding carboxylic acids is 2. The molecule has 6 nitrogen and oxygen atoms in total. The fourth-order valence-corrected chi connectivity index (χ4v) is 6.93. The zero-order chi connectivity index (χ0) is 28.4. The molecule has 1 amide bonds. The second-order valence-corrected chi connectivity index (χ2v) is 13.6. The molecule has 4 rings (SSSR count). The maximum Gasteiger partial charge on any atom is 0.227 e. The Hall–Kier alpha value is -2.71. The Morgan fingerprint density at radius 1 is 0.897 bits per heavy atom. The van der Waals surface area contributed by atoms with Crippen molar-refractivity contribution in [1.82, 2.24) is 4.31 Å². The van der Waals surface area contributed by atoms with Gasteiger partial charge in [-0.2, -0.15) is 0 Å².